The third-order valence-corrected chi connectivity index (χ3v) is 3.43. The second-order valence-electron chi connectivity index (χ2n) is 4.70. The molecule has 94 valence electrons. The van der Waals surface area contributed by atoms with E-state index in [0.717, 1.165) is 37.8 Å². The summed E-state index contributed by atoms with van der Waals surface area (Å²) in [6.07, 6.45) is 5.91. The molecule has 4 nitrogen and oxygen atoms in total. The van der Waals surface area contributed by atoms with Crippen LogP contribution >= 0.6 is 11.6 Å². The summed E-state index contributed by atoms with van der Waals surface area (Å²) in [5, 5.41) is 3.95. The molecule has 0 amide bonds. The molecule has 5 heteroatoms. The quantitative estimate of drug-likeness (QED) is 0.886. The van der Waals surface area contributed by atoms with Gasteiger partial charge in [-0.2, -0.15) is 0 Å². The molecule has 0 aliphatic carbocycles. The van der Waals surface area contributed by atoms with Crippen LogP contribution < -0.4 is 5.32 Å². The van der Waals surface area contributed by atoms with Crippen LogP contribution in [0.2, 0.25) is 5.15 Å². The van der Waals surface area contributed by atoms with Crippen molar-refractivity contribution < 1.29 is 0 Å². The van der Waals surface area contributed by atoms with Crippen molar-refractivity contribution in [2.45, 2.75) is 19.4 Å². The zero-order valence-electron chi connectivity index (χ0n) is 10.2. The molecule has 0 aromatic carbocycles. The lowest BCUT2D eigenvalue weighted by atomic mass is 9.99. The van der Waals surface area contributed by atoms with Crippen LogP contribution in [0.5, 0.6) is 0 Å². The van der Waals surface area contributed by atoms with Crippen LogP contribution in [0.25, 0.3) is 0 Å². The van der Waals surface area contributed by atoms with Crippen LogP contribution in [0.15, 0.2) is 12.4 Å². The van der Waals surface area contributed by atoms with E-state index in [-0.39, 0.29) is 0 Å². The highest BCUT2D eigenvalue weighted by Gasteiger charge is 2.16. The summed E-state index contributed by atoms with van der Waals surface area (Å²) in [4.78, 5) is 10.6. The fourth-order valence-electron chi connectivity index (χ4n) is 2.30. The Balaban J connectivity index is 1.84. The minimum absolute atomic E-state index is 0.515. The van der Waals surface area contributed by atoms with Gasteiger partial charge in [0.05, 0.1) is 5.69 Å². The number of hydrogen-bond acceptors (Lipinski definition) is 4. The monoisotopic (exact) mass is 254 g/mol. The highest BCUT2D eigenvalue weighted by atomic mass is 35.5. The third kappa shape index (κ3) is 3.91. The van der Waals surface area contributed by atoms with Gasteiger partial charge in [0.25, 0.3) is 0 Å². The molecule has 1 fully saturated rings. The average Bonchev–Trinajstić information content (AvgIpc) is 2.33. The number of halogens is 1. The predicted octanol–water partition coefficient (Wildman–Crippen LogP) is 1.56. The number of hydrogen-bond donors (Lipinski definition) is 1. The molecule has 0 unspecified atom stereocenters. The molecule has 1 aromatic heterocycles. The summed E-state index contributed by atoms with van der Waals surface area (Å²) in [6.45, 7) is 4.14. The van der Waals surface area contributed by atoms with Gasteiger partial charge < -0.3 is 10.2 Å². The van der Waals surface area contributed by atoms with Gasteiger partial charge in [0.15, 0.2) is 5.15 Å². The fourth-order valence-corrected chi connectivity index (χ4v) is 2.46. The molecular formula is C12H19ClN4. The van der Waals surface area contributed by atoms with E-state index in [9.17, 15) is 0 Å². The molecule has 1 aliphatic rings. The van der Waals surface area contributed by atoms with Crippen molar-refractivity contribution in [2.75, 3.05) is 26.7 Å². The molecule has 1 atom stereocenters. The fraction of sp³-hybridized carbons (Fsp3) is 0.667. The van der Waals surface area contributed by atoms with Crippen LogP contribution in [-0.2, 0) is 6.54 Å². The molecular weight excluding hydrogens is 236 g/mol. The smallest absolute Gasteiger partial charge is 0.151 e. The number of piperidine rings is 1. The number of rotatable bonds is 4. The van der Waals surface area contributed by atoms with E-state index < -0.39 is 0 Å². The summed E-state index contributed by atoms with van der Waals surface area (Å²) in [6, 6.07) is 0. The van der Waals surface area contributed by atoms with Crippen molar-refractivity contribution in [3.05, 3.63) is 23.2 Å². The van der Waals surface area contributed by atoms with Crippen LogP contribution in [0, 0.1) is 5.92 Å². The van der Waals surface area contributed by atoms with Crippen LogP contribution in [0.1, 0.15) is 18.5 Å². The van der Waals surface area contributed by atoms with Gasteiger partial charge >= 0.3 is 0 Å². The van der Waals surface area contributed by atoms with Gasteiger partial charge in [-0.3, -0.25) is 4.98 Å². The summed E-state index contributed by atoms with van der Waals surface area (Å²) in [7, 11) is 2.11. The Kier molecular flexibility index (Phi) is 4.71. The highest BCUT2D eigenvalue weighted by molar-refractivity contribution is 6.29. The molecule has 0 spiro atoms. The lowest BCUT2D eigenvalue weighted by molar-refractivity contribution is 0.235. The van der Waals surface area contributed by atoms with Crippen LogP contribution in [-0.4, -0.2) is 41.5 Å². The van der Waals surface area contributed by atoms with E-state index in [2.05, 4.69) is 27.2 Å². The van der Waals surface area contributed by atoms with Gasteiger partial charge in [-0.15, -0.1) is 0 Å². The SMILES string of the molecule is CN(Cc1nccnc1Cl)C[C@@H]1CCCNC1. The summed E-state index contributed by atoms with van der Waals surface area (Å²) in [5.74, 6) is 0.740. The minimum atomic E-state index is 0.515. The van der Waals surface area contributed by atoms with Crippen molar-refractivity contribution in [3.63, 3.8) is 0 Å². The first-order valence-electron chi connectivity index (χ1n) is 6.10. The topological polar surface area (TPSA) is 41.1 Å². The zero-order chi connectivity index (χ0) is 12.1. The van der Waals surface area contributed by atoms with Crippen molar-refractivity contribution >= 4 is 11.6 Å². The van der Waals surface area contributed by atoms with E-state index in [1.807, 2.05) is 0 Å². The van der Waals surface area contributed by atoms with Crippen molar-refractivity contribution in [1.82, 2.24) is 20.2 Å². The maximum absolute atomic E-state index is 6.00. The maximum atomic E-state index is 6.00. The molecule has 2 rings (SSSR count). The molecule has 0 bridgehead atoms. The molecule has 1 N–H and O–H groups in total. The molecule has 0 saturated carbocycles. The minimum Gasteiger partial charge on any atom is -0.316 e. The van der Waals surface area contributed by atoms with Gasteiger partial charge in [-0.1, -0.05) is 11.6 Å². The summed E-state index contributed by atoms with van der Waals surface area (Å²) >= 11 is 6.00. The zero-order valence-corrected chi connectivity index (χ0v) is 11.0. The Hall–Kier alpha value is -0.710. The van der Waals surface area contributed by atoms with Crippen molar-refractivity contribution in [3.8, 4) is 0 Å². The summed E-state index contributed by atoms with van der Waals surface area (Å²) < 4.78 is 0. The average molecular weight is 255 g/mol. The van der Waals surface area contributed by atoms with Gasteiger partial charge in [-0.05, 0) is 38.9 Å². The van der Waals surface area contributed by atoms with Gasteiger partial charge in [0.2, 0.25) is 0 Å². The van der Waals surface area contributed by atoms with E-state index in [1.165, 1.54) is 12.8 Å². The highest BCUT2D eigenvalue weighted by Crippen LogP contribution is 2.14. The molecule has 1 saturated heterocycles. The molecule has 1 aliphatic heterocycles. The van der Waals surface area contributed by atoms with Gasteiger partial charge in [0, 0.05) is 25.5 Å². The summed E-state index contributed by atoms with van der Waals surface area (Å²) in [5.41, 5.74) is 0.862. The molecule has 1 aromatic rings. The maximum Gasteiger partial charge on any atom is 0.151 e. The largest absolute Gasteiger partial charge is 0.316 e. The van der Waals surface area contributed by atoms with E-state index in [1.54, 1.807) is 12.4 Å². The molecule has 2 heterocycles. The molecule has 0 radical (unpaired) electrons. The Morgan fingerprint density at radius 3 is 3.00 bits per heavy atom. The molecule has 17 heavy (non-hydrogen) atoms. The number of nitrogens with zero attached hydrogens (tertiary/aromatic N) is 3. The Morgan fingerprint density at radius 1 is 1.47 bits per heavy atom. The van der Waals surface area contributed by atoms with Gasteiger partial charge in [0.1, 0.15) is 0 Å². The first kappa shape index (κ1) is 12.7. The van der Waals surface area contributed by atoms with Crippen molar-refractivity contribution in [1.29, 1.82) is 0 Å². The Morgan fingerprint density at radius 2 is 2.29 bits per heavy atom. The van der Waals surface area contributed by atoms with Crippen LogP contribution in [0.4, 0.5) is 0 Å². The van der Waals surface area contributed by atoms with Gasteiger partial charge in [-0.25, -0.2) is 4.98 Å². The lowest BCUT2D eigenvalue weighted by Gasteiger charge is -2.27. The number of aromatic nitrogens is 2. The normalized spacial score (nSPS) is 20.8. The third-order valence-electron chi connectivity index (χ3n) is 3.11. The van der Waals surface area contributed by atoms with E-state index in [4.69, 9.17) is 11.6 Å². The van der Waals surface area contributed by atoms with E-state index in [0.29, 0.717) is 5.15 Å². The van der Waals surface area contributed by atoms with E-state index >= 15 is 0 Å². The second kappa shape index (κ2) is 6.28. The first-order valence-corrected chi connectivity index (χ1v) is 6.48. The first-order chi connectivity index (χ1) is 8.25. The lowest BCUT2D eigenvalue weighted by Crippen LogP contribution is -2.36. The Bertz CT molecular complexity index is 352. The predicted molar refractivity (Wildman–Crippen MR) is 69.0 cm³/mol. The van der Waals surface area contributed by atoms with Crippen LogP contribution in [0.3, 0.4) is 0 Å². The number of nitrogens with one attached hydrogen (secondary N) is 1. The Labute approximate surface area is 107 Å². The second-order valence-corrected chi connectivity index (χ2v) is 5.06. The standard InChI is InChI=1S/C12H19ClN4/c1-17(8-10-3-2-4-14-7-10)9-11-12(13)16-6-5-15-11/h5-6,10,14H,2-4,7-9H2,1H3/t10-/m1/s1. The van der Waals surface area contributed by atoms with Crippen molar-refractivity contribution in [2.24, 2.45) is 5.92 Å².